The summed E-state index contributed by atoms with van der Waals surface area (Å²) in [7, 11) is 0. The lowest BCUT2D eigenvalue weighted by Crippen LogP contribution is -2.22. The fourth-order valence-electron chi connectivity index (χ4n) is 3.96. The number of halogens is 3. The van der Waals surface area contributed by atoms with E-state index in [0.29, 0.717) is 22.8 Å². The van der Waals surface area contributed by atoms with Crippen LogP contribution in [0.15, 0.2) is 89.7 Å². The van der Waals surface area contributed by atoms with Crippen LogP contribution in [0.5, 0.6) is 5.75 Å². The molecule has 0 aliphatic rings. The summed E-state index contributed by atoms with van der Waals surface area (Å²) in [6, 6.07) is 19.4. The van der Waals surface area contributed by atoms with E-state index in [2.05, 4.69) is 38.1 Å². The topological polar surface area (TPSA) is 98.1 Å². The predicted octanol–water partition coefficient (Wildman–Crippen LogP) is 6.74. The Kier molecular flexibility index (Phi) is 8.82. The largest absolute Gasteiger partial charge is 0.573 e. The maximum absolute atomic E-state index is 13.0. The van der Waals surface area contributed by atoms with Gasteiger partial charge in [-0.25, -0.2) is 9.67 Å². The Morgan fingerprint density at radius 1 is 0.951 bits per heavy atom. The highest BCUT2D eigenvalue weighted by Crippen LogP contribution is 2.27. The van der Waals surface area contributed by atoms with Crippen molar-refractivity contribution in [3.63, 3.8) is 0 Å². The molecule has 1 aromatic heterocycles. The van der Waals surface area contributed by atoms with Crippen LogP contribution in [0.3, 0.4) is 0 Å². The van der Waals surface area contributed by atoms with Crippen molar-refractivity contribution in [3.05, 3.63) is 95.3 Å². The van der Waals surface area contributed by atoms with E-state index in [9.17, 15) is 22.8 Å². The van der Waals surface area contributed by atoms with Gasteiger partial charge in [-0.15, -0.1) is 30.9 Å². The van der Waals surface area contributed by atoms with Gasteiger partial charge in [0.25, 0.3) is 5.91 Å². The zero-order valence-corrected chi connectivity index (χ0v) is 23.1. The number of aromatic nitrogens is 3. The van der Waals surface area contributed by atoms with E-state index < -0.39 is 18.1 Å². The highest BCUT2D eigenvalue weighted by atomic mass is 32.1. The number of hydrogen-bond acceptors (Lipinski definition) is 7. The number of amides is 1. The molecule has 0 aliphatic heterocycles. The van der Waals surface area contributed by atoms with Crippen molar-refractivity contribution in [2.45, 2.75) is 33.1 Å². The van der Waals surface area contributed by atoms with Crippen molar-refractivity contribution in [1.82, 2.24) is 14.8 Å². The molecule has 1 heterocycles. The number of benzene rings is 3. The normalized spacial score (nSPS) is 12.1. The lowest BCUT2D eigenvalue weighted by Gasteiger charge is -2.16. The molecule has 0 unspecified atom stereocenters. The Morgan fingerprint density at radius 2 is 1.61 bits per heavy atom. The summed E-state index contributed by atoms with van der Waals surface area (Å²) in [5, 5.41) is 10.3. The molecule has 0 saturated heterocycles. The summed E-state index contributed by atoms with van der Waals surface area (Å²) in [5.74, 6) is -0.847. The first kappa shape index (κ1) is 29.4. The number of nitrogens with zero attached hydrogens (tertiary/aromatic N) is 3. The average molecular weight is 582 g/mol. The zero-order valence-electron chi connectivity index (χ0n) is 22.2. The quantitative estimate of drug-likeness (QED) is 0.0877. The van der Waals surface area contributed by atoms with Gasteiger partial charge in [0.1, 0.15) is 17.6 Å². The molecule has 2 N–H and O–H groups in total. The van der Waals surface area contributed by atoms with E-state index in [0.717, 1.165) is 11.3 Å². The monoisotopic (exact) mass is 581 g/mol. The number of anilines is 2. The SMILES string of the molecule is CC(=O)/C(C(=O)Nc1ccc(-c2ncn(-c3ccc(OC(F)(F)F)cc3)n2)cc1)=C(/S)Nc1ccccc1C(C)C. The maximum atomic E-state index is 13.0. The number of ketones is 1. The summed E-state index contributed by atoms with van der Waals surface area (Å²) in [5.41, 5.74) is 3.19. The summed E-state index contributed by atoms with van der Waals surface area (Å²) in [6.07, 6.45) is -3.35. The van der Waals surface area contributed by atoms with E-state index in [1.807, 2.05) is 38.1 Å². The third-order valence-electron chi connectivity index (χ3n) is 5.88. The lowest BCUT2D eigenvalue weighted by molar-refractivity contribution is -0.274. The number of ether oxygens (including phenoxy) is 1. The van der Waals surface area contributed by atoms with Gasteiger partial charge in [-0.05, 0) is 73.0 Å². The lowest BCUT2D eigenvalue weighted by atomic mass is 10.0. The number of carbonyl (C=O) groups excluding carboxylic acids is 2. The van der Waals surface area contributed by atoms with Crippen molar-refractivity contribution in [3.8, 4) is 22.8 Å². The summed E-state index contributed by atoms with van der Waals surface area (Å²) in [4.78, 5) is 29.7. The summed E-state index contributed by atoms with van der Waals surface area (Å²) < 4.78 is 42.4. The fourth-order valence-corrected chi connectivity index (χ4v) is 4.33. The van der Waals surface area contributed by atoms with Gasteiger partial charge in [-0.1, -0.05) is 32.0 Å². The molecule has 4 aromatic rings. The van der Waals surface area contributed by atoms with Crippen LogP contribution < -0.4 is 15.4 Å². The Hall–Kier alpha value is -4.58. The van der Waals surface area contributed by atoms with Crippen LogP contribution in [0.2, 0.25) is 0 Å². The Balaban J connectivity index is 1.47. The van der Waals surface area contributed by atoms with Gasteiger partial charge in [0.15, 0.2) is 11.6 Å². The molecule has 0 aliphatic carbocycles. The van der Waals surface area contributed by atoms with Gasteiger partial charge in [0, 0.05) is 16.9 Å². The van der Waals surface area contributed by atoms with Crippen molar-refractivity contribution in [1.29, 1.82) is 0 Å². The predicted molar refractivity (Wildman–Crippen MR) is 153 cm³/mol. The third-order valence-corrected chi connectivity index (χ3v) is 6.21. The van der Waals surface area contributed by atoms with Gasteiger partial charge < -0.3 is 15.4 Å². The third kappa shape index (κ3) is 7.54. The van der Waals surface area contributed by atoms with Gasteiger partial charge in [0.05, 0.1) is 10.7 Å². The Morgan fingerprint density at radius 3 is 2.22 bits per heavy atom. The van der Waals surface area contributed by atoms with E-state index in [-0.39, 0.29) is 22.3 Å². The van der Waals surface area contributed by atoms with Gasteiger partial charge in [-0.2, -0.15) is 0 Å². The number of nitrogens with one attached hydrogen (secondary N) is 2. The van der Waals surface area contributed by atoms with Crippen molar-refractivity contribution >= 4 is 35.7 Å². The molecule has 3 aromatic carbocycles. The molecule has 0 bridgehead atoms. The first-order valence-corrected chi connectivity index (χ1v) is 12.9. The first-order valence-electron chi connectivity index (χ1n) is 12.4. The van der Waals surface area contributed by atoms with Crippen LogP contribution in [0.1, 0.15) is 32.3 Å². The molecule has 41 heavy (non-hydrogen) atoms. The van der Waals surface area contributed by atoms with Gasteiger partial charge >= 0.3 is 6.36 Å². The molecular formula is C29H26F3N5O3S. The smallest absolute Gasteiger partial charge is 0.406 e. The highest BCUT2D eigenvalue weighted by Gasteiger charge is 2.31. The summed E-state index contributed by atoms with van der Waals surface area (Å²) >= 11 is 4.43. The van der Waals surface area contributed by atoms with Crippen molar-refractivity contribution in [2.75, 3.05) is 10.6 Å². The molecule has 1 amide bonds. The standard InChI is InChI=1S/C29H26F3N5O3S/c1-17(2)23-6-4-5-7-24(23)35-28(41)25(18(3)38)27(39)34-20-10-8-19(9-11-20)26-33-16-37(36-26)21-12-14-22(15-13-21)40-29(30,31)32/h4-17,35,41H,1-3H3,(H,34,39)/b28-25-. The molecule has 0 fully saturated rings. The summed E-state index contributed by atoms with van der Waals surface area (Å²) in [6.45, 7) is 5.38. The van der Waals surface area contributed by atoms with Crippen LogP contribution in [0.25, 0.3) is 17.1 Å². The fraction of sp³-hybridized carbons (Fsp3) is 0.172. The number of thiol groups is 1. The molecule has 0 spiro atoms. The number of para-hydroxylation sites is 1. The maximum Gasteiger partial charge on any atom is 0.573 e. The van der Waals surface area contributed by atoms with Gasteiger partial charge in [0.2, 0.25) is 0 Å². The molecule has 4 rings (SSSR count). The van der Waals surface area contributed by atoms with E-state index in [1.165, 1.54) is 42.2 Å². The number of rotatable bonds is 9. The van der Waals surface area contributed by atoms with Crippen molar-refractivity contribution < 1.29 is 27.5 Å². The number of hydrogen-bond donors (Lipinski definition) is 3. The highest BCUT2D eigenvalue weighted by molar-refractivity contribution is 7.84. The number of carbonyl (C=O) groups is 2. The molecule has 0 saturated carbocycles. The Bertz CT molecular complexity index is 1580. The second-order valence-electron chi connectivity index (χ2n) is 9.23. The Labute approximate surface area is 239 Å². The van der Waals surface area contributed by atoms with E-state index >= 15 is 0 Å². The zero-order chi connectivity index (χ0) is 29.7. The first-order chi connectivity index (χ1) is 19.4. The molecular weight excluding hydrogens is 555 g/mol. The van der Waals surface area contributed by atoms with Crippen LogP contribution in [-0.2, 0) is 9.59 Å². The molecule has 8 nitrogen and oxygen atoms in total. The van der Waals surface area contributed by atoms with Crippen LogP contribution in [-0.4, -0.2) is 32.8 Å². The minimum absolute atomic E-state index is 0.122. The second-order valence-corrected chi connectivity index (χ2v) is 9.68. The minimum Gasteiger partial charge on any atom is -0.406 e. The minimum atomic E-state index is -4.77. The molecule has 212 valence electrons. The van der Waals surface area contributed by atoms with E-state index in [1.54, 1.807) is 24.3 Å². The van der Waals surface area contributed by atoms with Crippen LogP contribution in [0.4, 0.5) is 24.5 Å². The molecule has 12 heteroatoms. The number of alkyl halides is 3. The van der Waals surface area contributed by atoms with Crippen LogP contribution in [0, 0.1) is 0 Å². The van der Waals surface area contributed by atoms with E-state index in [4.69, 9.17) is 0 Å². The number of Topliss-reactive ketones (excluding diaryl/α,β-unsaturated/α-hetero) is 1. The van der Waals surface area contributed by atoms with Gasteiger partial charge in [-0.3, -0.25) is 9.59 Å². The molecule has 0 atom stereocenters. The second kappa shape index (κ2) is 12.3. The van der Waals surface area contributed by atoms with Crippen molar-refractivity contribution in [2.24, 2.45) is 0 Å². The average Bonchev–Trinajstić information content (AvgIpc) is 3.39. The van der Waals surface area contributed by atoms with Crippen LogP contribution >= 0.6 is 12.6 Å². The molecule has 0 radical (unpaired) electrons.